The minimum absolute atomic E-state index is 0.116. The largest absolute Gasteiger partial charge is 0.396 e. The topological polar surface area (TPSA) is 40.5 Å². The van der Waals surface area contributed by atoms with Crippen LogP contribution in [-0.2, 0) is 4.79 Å². The van der Waals surface area contributed by atoms with Crippen molar-refractivity contribution < 1.29 is 9.90 Å². The predicted octanol–water partition coefficient (Wildman–Crippen LogP) is 1.41. The molecule has 1 fully saturated rings. The molecule has 1 heterocycles. The highest BCUT2D eigenvalue weighted by Gasteiger charge is 2.27. The molecule has 0 saturated carbocycles. The van der Waals surface area contributed by atoms with E-state index in [1.54, 1.807) is 0 Å². The van der Waals surface area contributed by atoms with Crippen molar-refractivity contribution in [3.05, 3.63) is 0 Å². The predicted molar refractivity (Wildman–Crippen MR) is 55.9 cm³/mol. The molecule has 0 aromatic heterocycles. The summed E-state index contributed by atoms with van der Waals surface area (Å²) in [6, 6.07) is 0. The zero-order valence-electron chi connectivity index (χ0n) is 9.25. The Morgan fingerprint density at radius 3 is 2.43 bits per heavy atom. The van der Waals surface area contributed by atoms with E-state index in [0.717, 1.165) is 25.9 Å². The van der Waals surface area contributed by atoms with Crippen molar-refractivity contribution >= 4 is 5.91 Å². The number of piperidine rings is 1. The number of rotatable bonds is 3. The second-order valence-corrected chi connectivity index (χ2v) is 4.87. The van der Waals surface area contributed by atoms with Crippen LogP contribution in [0.25, 0.3) is 0 Å². The molecule has 0 spiro atoms. The molecular weight excluding hydrogens is 178 g/mol. The number of amides is 1. The van der Waals surface area contributed by atoms with Gasteiger partial charge in [-0.1, -0.05) is 13.8 Å². The lowest BCUT2D eigenvalue weighted by molar-refractivity contribution is -0.133. The van der Waals surface area contributed by atoms with E-state index in [0.29, 0.717) is 18.3 Å². The fourth-order valence-corrected chi connectivity index (χ4v) is 1.75. The normalized spacial score (nSPS) is 20.9. The van der Waals surface area contributed by atoms with Gasteiger partial charge in [-0.15, -0.1) is 0 Å². The van der Waals surface area contributed by atoms with Gasteiger partial charge < -0.3 is 10.0 Å². The zero-order valence-corrected chi connectivity index (χ0v) is 9.25. The van der Waals surface area contributed by atoms with Gasteiger partial charge in [0, 0.05) is 26.1 Å². The molecule has 1 aliphatic heterocycles. The molecule has 0 aromatic rings. The number of hydrogen-bond donors (Lipinski definition) is 1. The van der Waals surface area contributed by atoms with Gasteiger partial charge in [0.2, 0.25) is 5.91 Å². The van der Waals surface area contributed by atoms with E-state index in [1.807, 2.05) is 4.90 Å². The lowest BCUT2D eigenvalue weighted by atomic mass is 9.82. The fraction of sp³-hybridized carbons (Fsp3) is 0.909. The lowest BCUT2D eigenvalue weighted by Crippen LogP contribution is -2.41. The summed E-state index contributed by atoms with van der Waals surface area (Å²) in [5, 5.41) is 8.63. The van der Waals surface area contributed by atoms with Gasteiger partial charge in [0.05, 0.1) is 0 Å². The smallest absolute Gasteiger partial charge is 0.222 e. The van der Waals surface area contributed by atoms with Gasteiger partial charge in [0.15, 0.2) is 0 Å². The highest BCUT2D eigenvalue weighted by atomic mass is 16.3. The summed E-state index contributed by atoms with van der Waals surface area (Å²) in [6.07, 6.45) is 3.28. The zero-order chi connectivity index (χ0) is 10.6. The molecule has 1 saturated heterocycles. The SMILES string of the molecule is CC1(C)CCN(C(=O)CCCO)CC1. The van der Waals surface area contributed by atoms with Crippen LogP contribution >= 0.6 is 0 Å². The van der Waals surface area contributed by atoms with Gasteiger partial charge in [-0.3, -0.25) is 4.79 Å². The minimum Gasteiger partial charge on any atom is -0.396 e. The summed E-state index contributed by atoms with van der Waals surface area (Å²) in [6.45, 7) is 6.39. The number of aliphatic hydroxyl groups is 1. The summed E-state index contributed by atoms with van der Waals surface area (Å²) in [5.41, 5.74) is 0.397. The molecule has 14 heavy (non-hydrogen) atoms. The summed E-state index contributed by atoms with van der Waals surface area (Å²) >= 11 is 0. The van der Waals surface area contributed by atoms with E-state index in [9.17, 15) is 4.79 Å². The number of likely N-dealkylation sites (tertiary alicyclic amines) is 1. The van der Waals surface area contributed by atoms with Crippen molar-refractivity contribution in [2.45, 2.75) is 39.5 Å². The standard InChI is InChI=1S/C11H21NO2/c1-11(2)5-7-12(8-6-11)10(14)4-3-9-13/h13H,3-9H2,1-2H3. The maximum absolute atomic E-state index is 11.6. The van der Waals surface area contributed by atoms with Crippen LogP contribution in [0, 0.1) is 5.41 Å². The first-order valence-electron chi connectivity index (χ1n) is 5.44. The molecule has 1 rings (SSSR count). The fourth-order valence-electron chi connectivity index (χ4n) is 1.75. The lowest BCUT2D eigenvalue weighted by Gasteiger charge is -2.37. The van der Waals surface area contributed by atoms with Crippen LogP contribution in [0.15, 0.2) is 0 Å². The van der Waals surface area contributed by atoms with E-state index < -0.39 is 0 Å². The van der Waals surface area contributed by atoms with Crippen LogP contribution in [0.5, 0.6) is 0 Å². The van der Waals surface area contributed by atoms with E-state index in [2.05, 4.69) is 13.8 Å². The van der Waals surface area contributed by atoms with Crippen LogP contribution in [-0.4, -0.2) is 35.6 Å². The Balaban J connectivity index is 2.30. The van der Waals surface area contributed by atoms with Gasteiger partial charge in [-0.2, -0.15) is 0 Å². The van der Waals surface area contributed by atoms with Crippen LogP contribution in [0.4, 0.5) is 0 Å². The number of carbonyl (C=O) groups is 1. The van der Waals surface area contributed by atoms with Crippen LogP contribution in [0.3, 0.4) is 0 Å². The Morgan fingerprint density at radius 1 is 1.36 bits per heavy atom. The molecule has 0 atom stereocenters. The molecule has 0 radical (unpaired) electrons. The van der Waals surface area contributed by atoms with E-state index in [4.69, 9.17) is 5.11 Å². The second kappa shape index (κ2) is 4.78. The highest BCUT2D eigenvalue weighted by molar-refractivity contribution is 5.76. The van der Waals surface area contributed by atoms with Crippen LogP contribution in [0.2, 0.25) is 0 Å². The van der Waals surface area contributed by atoms with Crippen molar-refractivity contribution in [3.63, 3.8) is 0 Å². The number of carbonyl (C=O) groups excluding carboxylic acids is 1. The molecule has 0 unspecified atom stereocenters. The Kier molecular flexibility index (Phi) is 3.93. The molecule has 1 aliphatic rings. The van der Waals surface area contributed by atoms with Crippen molar-refractivity contribution in [2.24, 2.45) is 5.41 Å². The molecule has 0 aliphatic carbocycles. The van der Waals surface area contributed by atoms with Crippen molar-refractivity contribution in [3.8, 4) is 0 Å². The Hall–Kier alpha value is -0.570. The van der Waals surface area contributed by atoms with Crippen LogP contribution in [0.1, 0.15) is 39.5 Å². The molecule has 82 valence electrons. The molecule has 1 amide bonds. The maximum atomic E-state index is 11.6. The Morgan fingerprint density at radius 2 is 1.93 bits per heavy atom. The first kappa shape index (κ1) is 11.5. The highest BCUT2D eigenvalue weighted by Crippen LogP contribution is 2.29. The van der Waals surface area contributed by atoms with E-state index in [1.165, 1.54) is 0 Å². The van der Waals surface area contributed by atoms with Gasteiger partial charge in [0.25, 0.3) is 0 Å². The summed E-state index contributed by atoms with van der Waals surface area (Å²) < 4.78 is 0. The van der Waals surface area contributed by atoms with Crippen molar-refractivity contribution in [1.82, 2.24) is 4.90 Å². The average Bonchev–Trinajstić information content (AvgIpc) is 2.14. The maximum Gasteiger partial charge on any atom is 0.222 e. The van der Waals surface area contributed by atoms with E-state index in [-0.39, 0.29) is 12.5 Å². The first-order valence-corrected chi connectivity index (χ1v) is 5.44. The number of nitrogens with zero attached hydrogens (tertiary/aromatic N) is 1. The first-order chi connectivity index (χ1) is 6.55. The van der Waals surface area contributed by atoms with Crippen molar-refractivity contribution in [2.75, 3.05) is 19.7 Å². The monoisotopic (exact) mass is 199 g/mol. The molecule has 3 nitrogen and oxygen atoms in total. The Bertz CT molecular complexity index is 191. The molecular formula is C11H21NO2. The van der Waals surface area contributed by atoms with Crippen molar-refractivity contribution in [1.29, 1.82) is 0 Å². The molecule has 0 aromatic carbocycles. The third kappa shape index (κ3) is 3.29. The van der Waals surface area contributed by atoms with Gasteiger partial charge in [-0.25, -0.2) is 0 Å². The third-order valence-electron chi connectivity index (χ3n) is 3.02. The second-order valence-electron chi connectivity index (χ2n) is 4.87. The molecule has 0 bridgehead atoms. The number of hydrogen-bond acceptors (Lipinski definition) is 2. The van der Waals surface area contributed by atoms with Gasteiger partial charge in [-0.05, 0) is 24.7 Å². The van der Waals surface area contributed by atoms with Gasteiger partial charge >= 0.3 is 0 Å². The minimum atomic E-state index is 0.116. The molecule has 1 N–H and O–H groups in total. The number of aliphatic hydroxyl groups excluding tert-OH is 1. The summed E-state index contributed by atoms with van der Waals surface area (Å²) in [7, 11) is 0. The van der Waals surface area contributed by atoms with E-state index >= 15 is 0 Å². The van der Waals surface area contributed by atoms with Gasteiger partial charge in [0.1, 0.15) is 0 Å². The summed E-state index contributed by atoms with van der Waals surface area (Å²) in [5.74, 6) is 0.203. The average molecular weight is 199 g/mol. The summed E-state index contributed by atoms with van der Waals surface area (Å²) in [4.78, 5) is 13.5. The van der Waals surface area contributed by atoms with Crippen LogP contribution < -0.4 is 0 Å². The Labute approximate surface area is 86.1 Å². The third-order valence-corrected chi connectivity index (χ3v) is 3.02. The molecule has 3 heteroatoms. The quantitative estimate of drug-likeness (QED) is 0.746.